The number of nitrogens with one attached hydrogen (secondary N) is 1. The van der Waals surface area contributed by atoms with Crippen LogP contribution in [0, 0.1) is 5.82 Å². The molecule has 2 aromatic carbocycles. The van der Waals surface area contributed by atoms with Gasteiger partial charge in [-0.2, -0.15) is 0 Å². The van der Waals surface area contributed by atoms with Crippen LogP contribution in [0.1, 0.15) is 49.1 Å². The number of rotatable bonds is 7. The van der Waals surface area contributed by atoms with Crippen molar-refractivity contribution in [2.24, 2.45) is 0 Å². The molecule has 3 aromatic rings. The molecule has 1 N–H and O–H groups in total. The molecular weight excluding hydrogens is 359 g/mol. The van der Waals surface area contributed by atoms with E-state index in [9.17, 15) is 9.18 Å². The topological polar surface area (TPSA) is 42.0 Å². The smallest absolute Gasteiger partial charge is 0.220 e. The van der Waals surface area contributed by atoms with Crippen molar-refractivity contribution in [1.82, 2.24) is 10.3 Å². The van der Waals surface area contributed by atoms with E-state index >= 15 is 0 Å². The number of para-hydroxylation sites is 1. The Balaban J connectivity index is 1.27. The zero-order valence-corrected chi connectivity index (χ0v) is 16.0. The Morgan fingerprint density at radius 1 is 1.11 bits per heavy atom. The summed E-state index contributed by atoms with van der Waals surface area (Å²) in [5.74, 6) is -0.155. The largest absolute Gasteiger partial charge is 0.347 e. The summed E-state index contributed by atoms with van der Waals surface area (Å²) < 4.78 is 14.4. The standard InChI is InChI=1S/C22H23FN2OS/c23-17-12-10-16(11-13-17)22(14-5-15-22)25-20(26)8-3-4-9-21-24-18-6-1-2-7-19(18)27-21/h1-2,6-7,10-13H,3-5,8-9,14-15H2,(H,25,26). The number of hydrogen-bond donors (Lipinski definition) is 1. The second-order valence-electron chi connectivity index (χ2n) is 7.27. The minimum Gasteiger partial charge on any atom is -0.347 e. The van der Waals surface area contributed by atoms with E-state index in [0.29, 0.717) is 6.42 Å². The molecule has 1 aliphatic carbocycles. The van der Waals surface area contributed by atoms with Gasteiger partial charge in [-0.25, -0.2) is 9.37 Å². The lowest BCUT2D eigenvalue weighted by atomic mass is 9.71. The first kappa shape index (κ1) is 18.1. The minimum atomic E-state index is -0.294. The molecule has 5 heteroatoms. The molecule has 0 unspecified atom stereocenters. The number of amides is 1. The van der Waals surface area contributed by atoms with Crippen molar-refractivity contribution in [3.63, 3.8) is 0 Å². The van der Waals surface area contributed by atoms with E-state index in [1.165, 1.54) is 16.8 Å². The number of benzene rings is 2. The molecule has 1 saturated carbocycles. The average Bonchev–Trinajstić information content (AvgIpc) is 3.05. The quantitative estimate of drug-likeness (QED) is 0.560. The number of carbonyl (C=O) groups excluding carboxylic acids is 1. The Kier molecular flexibility index (Phi) is 5.21. The maximum atomic E-state index is 13.2. The molecule has 3 nitrogen and oxygen atoms in total. The lowest BCUT2D eigenvalue weighted by molar-refractivity contribution is -0.124. The van der Waals surface area contributed by atoms with Crippen molar-refractivity contribution >= 4 is 27.5 Å². The number of aryl methyl sites for hydroxylation is 1. The zero-order valence-electron chi connectivity index (χ0n) is 15.2. The molecule has 27 heavy (non-hydrogen) atoms. The number of aromatic nitrogens is 1. The SMILES string of the molecule is O=C(CCCCc1nc2ccccc2s1)NC1(c2ccc(F)cc2)CCC1. The van der Waals surface area contributed by atoms with Crippen LogP contribution < -0.4 is 5.32 Å². The van der Waals surface area contributed by atoms with E-state index in [-0.39, 0.29) is 17.3 Å². The van der Waals surface area contributed by atoms with Crippen LogP contribution in [0.4, 0.5) is 4.39 Å². The molecule has 1 aliphatic rings. The summed E-state index contributed by atoms with van der Waals surface area (Å²) in [7, 11) is 0. The number of carbonyl (C=O) groups is 1. The predicted molar refractivity (Wildman–Crippen MR) is 107 cm³/mol. The number of hydrogen-bond acceptors (Lipinski definition) is 3. The highest BCUT2D eigenvalue weighted by Crippen LogP contribution is 2.41. The number of fused-ring (bicyclic) bond motifs is 1. The highest BCUT2D eigenvalue weighted by molar-refractivity contribution is 7.18. The molecule has 0 atom stereocenters. The first-order chi connectivity index (χ1) is 13.1. The molecule has 0 aliphatic heterocycles. The molecule has 0 spiro atoms. The monoisotopic (exact) mass is 382 g/mol. The van der Waals surface area contributed by atoms with Crippen molar-refractivity contribution in [3.05, 3.63) is 64.9 Å². The Bertz CT molecular complexity index is 898. The first-order valence-corrected chi connectivity index (χ1v) is 10.4. The normalized spacial score (nSPS) is 15.4. The molecule has 0 radical (unpaired) electrons. The van der Waals surface area contributed by atoms with Gasteiger partial charge in [0.05, 0.1) is 20.8 Å². The molecule has 4 rings (SSSR count). The summed E-state index contributed by atoms with van der Waals surface area (Å²) in [4.78, 5) is 17.1. The number of halogens is 1. The highest BCUT2D eigenvalue weighted by Gasteiger charge is 2.39. The maximum absolute atomic E-state index is 13.2. The molecule has 140 valence electrons. The third-order valence-corrected chi connectivity index (χ3v) is 6.46. The number of nitrogens with zero attached hydrogens (tertiary/aromatic N) is 1. The third kappa shape index (κ3) is 4.03. The molecule has 0 bridgehead atoms. The summed E-state index contributed by atoms with van der Waals surface area (Å²) in [5, 5.41) is 4.35. The van der Waals surface area contributed by atoms with Crippen LogP contribution in [0.5, 0.6) is 0 Å². The fourth-order valence-corrected chi connectivity index (χ4v) is 4.71. The lowest BCUT2D eigenvalue weighted by Gasteiger charge is -2.43. The summed E-state index contributed by atoms with van der Waals surface area (Å²) in [6, 6.07) is 14.7. The van der Waals surface area contributed by atoms with E-state index in [0.717, 1.165) is 54.6 Å². The summed E-state index contributed by atoms with van der Waals surface area (Å²) in [6.45, 7) is 0. The van der Waals surface area contributed by atoms with Gasteiger partial charge in [0.25, 0.3) is 0 Å². The van der Waals surface area contributed by atoms with Crippen molar-refractivity contribution in [1.29, 1.82) is 0 Å². The van der Waals surface area contributed by atoms with E-state index in [2.05, 4.69) is 16.4 Å². The van der Waals surface area contributed by atoms with Crippen LogP contribution in [-0.2, 0) is 16.8 Å². The Labute approximate surface area is 162 Å². The summed E-state index contributed by atoms with van der Waals surface area (Å²) in [6.07, 6.45) is 6.18. The van der Waals surface area contributed by atoms with Gasteiger partial charge in [0.1, 0.15) is 5.82 Å². The van der Waals surface area contributed by atoms with Crippen molar-refractivity contribution < 1.29 is 9.18 Å². The van der Waals surface area contributed by atoms with E-state index in [4.69, 9.17) is 0 Å². The van der Waals surface area contributed by atoms with Gasteiger partial charge in [0.2, 0.25) is 5.91 Å². The van der Waals surface area contributed by atoms with Gasteiger partial charge in [-0.05, 0) is 68.4 Å². The van der Waals surface area contributed by atoms with Gasteiger partial charge >= 0.3 is 0 Å². The van der Waals surface area contributed by atoms with Crippen LogP contribution in [0.25, 0.3) is 10.2 Å². The minimum absolute atomic E-state index is 0.0864. The van der Waals surface area contributed by atoms with Gasteiger partial charge in [-0.1, -0.05) is 24.3 Å². The lowest BCUT2D eigenvalue weighted by Crippen LogP contribution is -2.50. The molecule has 1 fully saturated rings. The van der Waals surface area contributed by atoms with E-state index in [1.54, 1.807) is 23.5 Å². The molecule has 1 heterocycles. The van der Waals surface area contributed by atoms with Crippen LogP contribution in [0.15, 0.2) is 48.5 Å². The molecule has 1 amide bonds. The van der Waals surface area contributed by atoms with E-state index in [1.807, 2.05) is 18.2 Å². The average molecular weight is 383 g/mol. The zero-order chi connectivity index (χ0) is 18.7. The third-order valence-electron chi connectivity index (χ3n) is 5.37. The predicted octanol–water partition coefficient (Wildman–Crippen LogP) is 5.34. The number of thiazole rings is 1. The number of unbranched alkanes of at least 4 members (excludes halogenated alkanes) is 1. The summed E-state index contributed by atoms with van der Waals surface area (Å²) >= 11 is 1.73. The van der Waals surface area contributed by atoms with Crippen LogP contribution >= 0.6 is 11.3 Å². The molecular formula is C22H23FN2OS. The van der Waals surface area contributed by atoms with Crippen molar-refractivity contribution in [3.8, 4) is 0 Å². The van der Waals surface area contributed by atoms with Crippen LogP contribution in [0.2, 0.25) is 0 Å². The molecule has 0 saturated heterocycles. The Hall–Kier alpha value is -2.27. The first-order valence-electron chi connectivity index (χ1n) is 9.56. The Morgan fingerprint density at radius 3 is 2.59 bits per heavy atom. The van der Waals surface area contributed by atoms with Crippen molar-refractivity contribution in [2.45, 2.75) is 50.5 Å². The van der Waals surface area contributed by atoms with Crippen LogP contribution in [-0.4, -0.2) is 10.9 Å². The van der Waals surface area contributed by atoms with Gasteiger partial charge < -0.3 is 5.32 Å². The van der Waals surface area contributed by atoms with Gasteiger partial charge in [-0.15, -0.1) is 11.3 Å². The fourth-order valence-electron chi connectivity index (χ4n) is 3.70. The molecule has 1 aromatic heterocycles. The second-order valence-corrected chi connectivity index (χ2v) is 8.39. The second kappa shape index (κ2) is 7.77. The summed E-state index contributed by atoms with van der Waals surface area (Å²) in [5.41, 5.74) is 1.78. The Morgan fingerprint density at radius 2 is 1.89 bits per heavy atom. The van der Waals surface area contributed by atoms with Gasteiger partial charge in [-0.3, -0.25) is 4.79 Å². The van der Waals surface area contributed by atoms with Gasteiger partial charge in [0.15, 0.2) is 0 Å². The highest BCUT2D eigenvalue weighted by atomic mass is 32.1. The van der Waals surface area contributed by atoms with Crippen LogP contribution in [0.3, 0.4) is 0 Å². The van der Waals surface area contributed by atoms with Crippen molar-refractivity contribution in [2.75, 3.05) is 0 Å². The fraction of sp³-hybridized carbons (Fsp3) is 0.364. The van der Waals surface area contributed by atoms with Gasteiger partial charge in [0, 0.05) is 6.42 Å². The maximum Gasteiger partial charge on any atom is 0.220 e. The van der Waals surface area contributed by atoms with E-state index < -0.39 is 0 Å².